The zero-order valence-electron chi connectivity index (χ0n) is 8.95. The van der Waals surface area contributed by atoms with Gasteiger partial charge in [0, 0.05) is 24.5 Å². The van der Waals surface area contributed by atoms with Crippen molar-refractivity contribution in [2.45, 2.75) is 19.3 Å². The Kier molecular flexibility index (Phi) is 3.34. The standard InChI is InChI=1S/C12H14ClNO2/c13-10-6-9(7-11(15)8-10)3-5-14-4-1-2-12(14)16/h6-8,15H,1-5H2. The number of carbonyl (C=O) groups excluding carboxylic acids is 1. The van der Waals surface area contributed by atoms with Crippen molar-refractivity contribution in [2.24, 2.45) is 0 Å². The Hall–Kier alpha value is -1.22. The first-order chi connectivity index (χ1) is 7.65. The minimum atomic E-state index is 0.176. The van der Waals surface area contributed by atoms with Gasteiger partial charge in [-0.15, -0.1) is 0 Å². The van der Waals surface area contributed by atoms with Crippen LogP contribution >= 0.6 is 11.6 Å². The number of benzene rings is 1. The van der Waals surface area contributed by atoms with Gasteiger partial charge in [0.05, 0.1) is 0 Å². The lowest BCUT2D eigenvalue weighted by atomic mass is 10.1. The first-order valence-electron chi connectivity index (χ1n) is 5.41. The maximum atomic E-state index is 11.4. The van der Waals surface area contributed by atoms with Crippen LogP contribution in [0.5, 0.6) is 5.75 Å². The van der Waals surface area contributed by atoms with E-state index in [2.05, 4.69) is 0 Å². The Morgan fingerprint density at radius 3 is 2.81 bits per heavy atom. The number of nitrogens with zero attached hydrogens (tertiary/aromatic N) is 1. The number of amides is 1. The van der Waals surface area contributed by atoms with Crippen LogP contribution in [0.3, 0.4) is 0 Å². The number of aromatic hydroxyl groups is 1. The summed E-state index contributed by atoms with van der Waals surface area (Å²) in [6.07, 6.45) is 2.36. The average molecular weight is 240 g/mol. The SMILES string of the molecule is O=C1CCCN1CCc1cc(O)cc(Cl)c1. The molecule has 86 valence electrons. The zero-order chi connectivity index (χ0) is 11.5. The van der Waals surface area contributed by atoms with Crippen molar-refractivity contribution in [2.75, 3.05) is 13.1 Å². The third-order valence-electron chi connectivity index (χ3n) is 2.78. The zero-order valence-corrected chi connectivity index (χ0v) is 9.70. The summed E-state index contributed by atoms with van der Waals surface area (Å²) in [6.45, 7) is 1.56. The van der Waals surface area contributed by atoms with E-state index in [-0.39, 0.29) is 11.7 Å². The molecule has 1 aliphatic heterocycles. The Morgan fingerprint density at radius 2 is 2.19 bits per heavy atom. The van der Waals surface area contributed by atoms with Crippen molar-refractivity contribution in [1.29, 1.82) is 0 Å². The van der Waals surface area contributed by atoms with Gasteiger partial charge in [-0.25, -0.2) is 0 Å². The van der Waals surface area contributed by atoms with Crippen LogP contribution in [0.2, 0.25) is 5.02 Å². The molecule has 0 aromatic heterocycles. The van der Waals surface area contributed by atoms with Crippen LogP contribution in [0.15, 0.2) is 18.2 Å². The van der Waals surface area contributed by atoms with Gasteiger partial charge in [0.15, 0.2) is 0 Å². The smallest absolute Gasteiger partial charge is 0.222 e. The van der Waals surface area contributed by atoms with Crippen molar-refractivity contribution < 1.29 is 9.90 Å². The van der Waals surface area contributed by atoms with E-state index in [1.807, 2.05) is 11.0 Å². The van der Waals surface area contributed by atoms with Crippen molar-refractivity contribution in [3.63, 3.8) is 0 Å². The molecule has 0 atom stereocenters. The van der Waals surface area contributed by atoms with E-state index < -0.39 is 0 Å². The Bertz CT molecular complexity index is 386. The van der Waals surface area contributed by atoms with Crippen LogP contribution in [-0.4, -0.2) is 29.0 Å². The molecular formula is C12H14ClNO2. The van der Waals surface area contributed by atoms with Crippen LogP contribution in [-0.2, 0) is 11.2 Å². The van der Waals surface area contributed by atoms with E-state index in [1.165, 1.54) is 6.07 Å². The van der Waals surface area contributed by atoms with Gasteiger partial charge < -0.3 is 10.0 Å². The van der Waals surface area contributed by atoms with Crippen LogP contribution in [0.1, 0.15) is 18.4 Å². The van der Waals surface area contributed by atoms with Gasteiger partial charge in [0.2, 0.25) is 5.91 Å². The maximum Gasteiger partial charge on any atom is 0.222 e. The van der Waals surface area contributed by atoms with Crippen molar-refractivity contribution in [1.82, 2.24) is 4.90 Å². The van der Waals surface area contributed by atoms with E-state index in [0.717, 1.165) is 24.9 Å². The number of halogens is 1. The van der Waals surface area contributed by atoms with E-state index in [9.17, 15) is 9.90 Å². The summed E-state index contributed by atoms with van der Waals surface area (Å²) in [4.78, 5) is 13.2. The summed E-state index contributed by atoms with van der Waals surface area (Å²) in [7, 11) is 0. The van der Waals surface area contributed by atoms with Gasteiger partial charge in [-0.1, -0.05) is 11.6 Å². The lowest BCUT2D eigenvalue weighted by molar-refractivity contribution is -0.127. The predicted octanol–water partition coefficient (Wildman–Crippen LogP) is 2.21. The quantitative estimate of drug-likeness (QED) is 0.879. The Labute approximate surface area is 99.6 Å². The number of phenols is 1. The van der Waals surface area contributed by atoms with Gasteiger partial charge in [0.25, 0.3) is 0 Å². The number of rotatable bonds is 3. The highest BCUT2D eigenvalue weighted by molar-refractivity contribution is 6.30. The molecule has 1 saturated heterocycles. The molecule has 1 aliphatic rings. The molecule has 1 aromatic rings. The minimum Gasteiger partial charge on any atom is -0.508 e. The molecule has 0 unspecified atom stereocenters. The Morgan fingerprint density at radius 1 is 1.38 bits per heavy atom. The topological polar surface area (TPSA) is 40.5 Å². The van der Waals surface area contributed by atoms with Gasteiger partial charge in [-0.2, -0.15) is 0 Å². The summed E-state index contributed by atoms with van der Waals surface area (Å²) < 4.78 is 0. The number of phenolic OH excluding ortho intramolecular Hbond substituents is 1. The summed E-state index contributed by atoms with van der Waals surface area (Å²) in [5.41, 5.74) is 0.963. The monoisotopic (exact) mass is 239 g/mol. The van der Waals surface area contributed by atoms with Crippen LogP contribution in [0, 0.1) is 0 Å². The molecule has 1 aromatic carbocycles. The first kappa shape index (κ1) is 11.3. The van der Waals surface area contributed by atoms with Gasteiger partial charge >= 0.3 is 0 Å². The highest BCUT2D eigenvalue weighted by atomic mass is 35.5. The van der Waals surface area contributed by atoms with E-state index in [0.29, 0.717) is 18.0 Å². The second kappa shape index (κ2) is 4.74. The van der Waals surface area contributed by atoms with Gasteiger partial charge in [-0.3, -0.25) is 4.79 Å². The van der Waals surface area contributed by atoms with E-state index >= 15 is 0 Å². The molecule has 0 aliphatic carbocycles. The summed E-state index contributed by atoms with van der Waals surface area (Å²) >= 11 is 5.83. The average Bonchev–Trinajstić information content (AvgIpc) is 2.59. The van der Waals surface area contributed by atoms with E-state index in [1.54, 1.807) is 6.07 Å². The molecule has 0 bridgehead atoms. The molecule has 4 heteroatoms. The molecule has 0 saturated carbocycles. The summed E-state index contributed by atoms with van der Waals surface area (Å²) in [6, 6.07) is 5.01. The van der Waals surface area contributed by atoms with Crippen LogP contribution in [0.25, 0.3) is 0 Å². The molecule has 2 rings (SSSR count). The molecule has 0 radical (unpaired) electrons. The molecule has 3 nitrogen and oxygen atoms in total. The molecule has 16 heavy (non-hydrogen) atoms. The fourth-order valence-corrected chi connectivity index (χ4v) is 2.23. The number of likely N-dealkylation sites (tertiary alicyclic amines) is 1. The fourth-order valence-electron chi connectivity index (χ4n) is 1.98. The molecule has 1 amide bonds. The predicted molar refractivity (Wildman–Crippen MR) is 62.6 cm³/mol. The van der Waals surface area contributed by atoms with Crippen molar-refractivity contribution in [3.05, 3.63) is 28.8 Å². The third kappa shape index (κ3) is 2.67. The molecule has 0 spiro atoms. The number of carbonyl (C=O) groups is 1. The second-order valence-electron chi connectivity index (χ2n) is 4.05. The first-order valence-corrected chi connectivity index (χ1v) is 5.79. The summed E-state index contributed by atoms with van der Waals surface area (Å²) in [5, 5.41) is 9.90. The molecule has 1 heterocycles. The normalized spacial score (nSPS) is 15.8. The van der Waals surface area contributed by atoms with Crippen molar-refractivity contribution >= 4 is 17.5 Å². The second-order valence-corrected chi connectivity index (χ2v) is 4.49. The lowest BCUT2D eigenvalue weighted by Crippen LogP contribution is -2.26. The van der Waals surface area contributed by atoms with Crippen LogP contribution < -0.4 is 0 Å². The van der Waals surface area contributed by atoms with Gasteiger partial charge in [-0.05, 0) is 36.6 Å². The molecule has 1 fully saturated rings. The van der Waals surface area contributed by atoms with Crippen molar-refractivity contribution in [3.8, 4) is 5.75 Å². The van der Waals surface area contributed by atoms with Crippen LogP contribution in [0.4, 0.5) is 0 Å². The van der Waals surface area contributed by atoms with E-state index in [4.69, 9.17) is 11.6 Å². The molecule has 1 N–H and O–H groups in total. The lowest BCUT2D eigenvalue weighted by Gasteiger charge is -2.15. The fraction of sp³-hybridized carbons (Fsp3) is 0.417. The summed E-state index contributed by atoms with van der Waals surface area (Å²) in [5.74, 6) is 0.404. The number of hydrogen-bond acceptors (Lipinski definition) is 2. The highest BCUT2D eigenvalue weighted by Gasteiger charge is 2.19. The maximum absolute atomic E-state index is 11.4. The highest BCUT2D eigenvalue weighted by Crippen LogP contribution is 2.20. The largest absolute Gasteiger partial charge is 0.508 e. The van der Waals surface area contributed by atoms with Gasteiger partial charge in [0.1, 0.15) is 5.75 Å². The minimum absolute atomic E-state index is 0.176. The third-order valence-corrected chi connectivity index (χ3v) is 3.00. The molecular weight excluding hydrogens is 226 g/mol. The Balaban J connectivity index is 1.96. The number of hydrogen-bond donors (Lipinski definition) is 1.